The van der Waals surface area contributed by atoms with Gasteiger partial charge >= 0.3 is 11.9 Å². The number of benzene rings is 1. The van der Waals surface area contributed by atoms with Crippen molar-refractivity contribution < 1.29 is 44.1 Å². The number of aliphatic carboxylic acids is 2. The lowest BCUT2D eigenvalue weighted by Gasteiger charge is -2.27. The second-order valence-electron chi connectivity index (χ2n) is 9.11. The average Bonchev–Trinajstić information content (AvgIpc) is 2.83. The summed E-state index contributed by atoms with van der Waals surface area (Å²) in [6.45, 7) is 3.22. The van der Waals surface area contributed by atoms with Gasteiger partial charge in [-0.15, -0.1) is 0 Å². The van der Waals surface area contributed by atoms with E-state index in [2.05, 4.69) is 16.0 Å². The topological polar surface area (TPSA) is 251 Å². The maximum Gasteiger partial charge on any atom is 0.326 e. The van der Waals surface area contributed by atoms with Crippen molar-refractivity contribution >= 4 is 35.6 Å². The van der Waals surface area contributed by atoms with Crippen LogP contribution in [0.25, 0.3) is 0 Å². The quantitative estimate of drug-likeness (QED) is 0.122. The third-order valence-corrected chi connectivity index (χ3v) is 5.56. The molecule has 38 heavy (non-hydrogen) atoms. The lowest BCUT2D eigenvalue weighted by molar-refractivity contribution is -0.143. The van der Waals surface area contributed by atoms with Crippen molar-refractivity contribution in [2.75, 3.05) is 0 Å². The predicted octanol–water partition coefficient (Wildman–Crippen LogP) is -1.41. The third-order valence-electron chi connectivity index (χ3n) is 5.56. The molecule has 0 saturated carbocycles. The van der Waals surface area contributed by atoms with Gasteiger partial charge in [-0.25, -0.2) is 4.79 Å². The van der Waals surface area contributed by atoms with Gasteiger partial charge in [0.05, 0.1) is 6.04 Å². The van der Waals surface area contributed by atoms with Crippen molar-refractivity contribution in [1.29, 1.82) is 0 Å². The number of nitrogens with two attached hydrogens (primary N) is 2. The fraction of sp³-hybridized carbons (Fsp3) is 0.500. The summed E-state index contributed by atoms with van der Waals surface area (Å²) in [6, 6.07) is 0.712. The highest BCUT2D eigenvalue weighted by atomic mass is 16.4. The first-order chi connectivity index (χ1) is 17.7. The number of rotatable bonds is 16. The summed E-state index contributed by atoms with van der Waals surface area (Å²) in [7, 11) is 0. The normalized spacial score (nSPS) is 14.0. The zero-order valence-corrected chi connectivity index (χ0v) is 21.2. The second-order valence-corrected chi connectivity index (χ2v) is 9.11. The molecule has 0 fully saturated rings. The Morgan fingerprint density at radius 2 is 1.39 bits per heavy atom. The smallest absolute Gasteiger partial charge is 0.326 e. The number of aromatic hydroxyl groups is 1. The number of carboxylic acid groups (broad SMARTS) is 2. The number of phenolic OH excluding ortho intramolecular Hbond substituents is 1. The number of amides is 4. The Balaban J connectivity index is 3.09. The van der Waals surface area contributed by atoms with Gasteiger partial charge < -0.3 is 42.7 Å². The van der Waals surface area contributed by atoms with E-state index in [1.165, 1.54) is 24.3 Å². The zero-order chi connectivity index (χ0) is 29.0. The Morgan fingerprint density at radius 1 is 0.816 bits per heavy atom. The first kappa shape index (κ1) is 31.8. The number of primary amides is 1. The van der Waals surface area contributed by atoms with E-state index < -0.39 is 65.7 Å². The third kappa shape index (κ3) is 11.2. The molecule has 0 aliphatic rings. The summed E-state index contributed by atoms with van der Waals surface area (Å²) < 4.78 is 0. The van der Waals surface area contributed by atoms with Crippen molar-refractivity contribution in [3.63, 3.8) is 0 Å². The summed E-state index contributed by atoms with van der Waals surface area (Å²) >= 11 is 0. The van der Waals surface area contributed by atoms with Crippen LogP contribution in [0.3, 0.4) is 0 Å². The first-order valence-electron chi connectivity index (χ1n) is 11.9. The number of nitrogens with one attached hydrogen (secondary N) is 3. The molecule has 1 aromatic carbocycles. The second kappa shape index (κ2) is 15.1. The molecule has 0 bridgehead atoms. The average molecular weight is 538 g/mol. The molecule has 1 rings (SSSR count). The number of hydrogen-bond acceptors (Lipinski definition) is 8. The molecule has 10 N–H and O–H groups in total. The van der Waals surface area contributed by atoms with E-state index in [1.807, 2.05) is 0 Å². The van der Waals surface area contributed by atoms with Gasteiger partial charge in [0, 0.05) is 19.3 Å². The van der Waals surface area contributed by atoms with Gasteiger partial charge in [-0.05, 0) is 36.5 Å². The Morgan fingerprint density at radius 3 is 1.89 bits per heavy atom. The summed E-state index contributed by atoms with van der Waals surface area (Å²) in [5.74, 6) is -6.19. The van der Waals surface area contributed by atoms with Gasteiger partial charge in [-0.3, -0.25) is 24.0 Å². The highest BCUT2D eigenvalue weighted by Crippen LogP contribution is 2.13. The molecule has 4 amide bonds. The fourth-order valence-electron chi connectivity index (χ4n) is 3.36. The minimum Gasteiger partial charge on any atom is -0.508 e. The number of carboxylic acids is 2. The predicted molar refractivity (Wildman–Crippen MR) is 133 cm³/mol. The molecule has 0 heterocycles. The van der Waals surface area contributed by atoms with Crippen LogP contribution in [0.5, 0.6) is 5.75 Å². The lowest BCUT2D eigenvalue weighted by atomic mass is 10.00. The minimum absolute atomic E-state index is 0.0182. The number of hydrogen-bond donors (Lipinski definition) is 8. The molecule has 0 aliphatic carbocycles. The van der Waals surface area contributed by atoms with E-state index in [4.69, 9.17) is 16.6 Å². The molecular weight excluding hydrogens is 502 g/mol. The lowest BCUT2D eigenvalue weighted by Crippen LogP contribution is -2.59. The molecule has 14 nitrogen and oxygen atoms in total. The summed E-state index contributed by atoms with van der Waals surface area (Å²) in [4.78, 5) is 72.0. The van der Waals surface area contributed by atoms with Gasteiger partial charge in [0.15, 0.2) is 0 Å². The Labute approximate surface area is 219 Å². The van der Waals surface area contributed by atoms with Crippen molar-refractivity contribution in [2.45, 2.75) is 70.1 Å². The number of carbonyl (C=O) groups is 6. The summed E-state index contributed by atoms with van der Waals surface area (Å²) in [5.41, 5.74) is 11.4. The first-order valence-corrected chi connectivity index (χ1v) is 11.9. The van der Waals surface area contributed by atoms with Crippen molar-refractivity contribution in [3.05, 3.63) is 29.8 Å². The molecule has 0 aliphatic heterocycles. The van der Waals surface area contributed by atoms with Crippen LogP contribution in [0.1, 0.15) is 45.1 Å². The van der Waals surface area contributed by atoms with Gasteiger partial charge in [-0.1, -0.05) is 26.0 Å². The van der Waals surface area contributed by atoms with Crippen LogP contribution in [0.2, 0.25) is 0 Å². The van der Waals surface area contributed by atoms with E-state index >= 15 is 0 Å². The van der Waals surface area contributed by atoms with Crippen LogP contribution in [0.15, 0.2) is 24.3 Å². The molecule has 4 unspecified atom stereocenters. The summed E-state index contributed by atoms with van der Waals surface area (Å²) in [5, 5.41) is 35.0. The van der Waals surface area contributed by atoms with Crippen molar-refractivity contribution in [1.82, 2.24) is 16.0 Å². The Hall–Kier alpha value is -4.20. The number of carbonyl (C=O) groups excluding carboxylic acids is 4. The maximum atomic E-state index is 13.2. The monoisotopic (exact) mass is 537 g/mol. The van der Waals surface area contributed by atoms with Gasteiger partial charge in [0.1, 0.15) is 23.9 Å². The van der Waals surface area contributed by atoms with Crippen LogP contribution >= 0.6 is 0 Å². The fourth-order valence-corrected chi connectivity index (χ4v) is 3.36. The van der Waals surface area contributed by atoms with E-state index in [1.54, 1.807) is 13.8 Å². The highest BCUT2D eigenvalue weighted by Gasteiger charge is 2.32. The van der Waals surface area contributed by atoms with E-state index in [0.717, 1.165) is 0 Å². The van der Waals surface area contributed by atoms with E-state index in [0.29, 0.717) is 5.56 Å². The largest absolute Gasteiger partial charge is 0.508 e. The van der Waals surface area contributed by atoms with E-state index in [9.17, 15) is 39.0 Å². The SMILES string of the molecule is CC(C)C(NC(=O)C(Cc1ccc(O)cc1)NC(=O)C(N)CCC(=O)O)C(=O)NC(CCC(N)=O)C(=O)O. The zero-order valence-electron chi connectivity index (χ0n) is 21.2. The minimum atomic E-state index is -1.42. The molecule has 1 aromatic rings. The molecule has 4 atom stereocenters. The van der Waals surface area contributed by atoms with Crippen LogP contribution in [0, 0.1) is 5.92 Å². The highest BCUT2D eigenvalue weighted by molar-refractivity contribution is 5.94. The Bertz CT molecular complexity index is 1010. The van der Waals surface area contributed by atoms with Crippen LogP contribution in [0.4, 0.5) is 0 Å². The van der Waals surface area contributed by atoms with Crippen molar-refractivity contribution in [2.24, 2.45) is 17.4 Å². The summed E-state index contributed by atoms with van der Waals surface area (Å²) in [6.07, 6.45) is -1.12. The maximum absolute atomic E-state index is 13.2. The molecule has 0 radical (unpaired) electrons. The molecule has 0 saturated heterocycles. The van der Waals surface area contributed by atoms with Crippen molar-refractivity contribution in [3.8, 4) is 5.75 Å². The number of phenols is 1. The van der Waals surface area contributed by atoms with Gasteiger partial charge in [0.25, 0.3) is 0 Å². The van der Waals surface area contributed by atoms with Crippen LogP contribution in [-0.2, 0) is 35.2 Å². The molecule has 0 spiro atoms. The molecule has 210 valence electrons. The van der Waals surface area contributed by atoms with Gasteiger partial charge in [-0.2, -0.15) is 0 Å². The standard InChI is InChI=1S/C24H35N5O9/c1-12(2)20(23(36)27-16(24(37)38)8-9-18(26)31)29-22(35)17(11-13-3-5-14(30)6-4-13)28-21(34)15(25)7-10-19(32)33/h3-6,12,15-17,20,30H,7-11,25H2,1-2H3,(H2,26,31)(H,27,36)(H,28,34)(H,29,35)(H,32,33)(H,37,38). The van der Waals surface area contributed by atoms with E-state index in [-0.39, 0.29) is 37.9 Å². The Kier molecular flexibility index (Phi) is 12.7. The molecular formula is C24H35N5O9. The van der Waals surface area contributed by atoms with Crippen LogP contribution < -0.4 is 27.4 Å². The van der Waals surface area contributed by atoms with Gasteiger partial charge in [0.2, 0.25) is 23.6 Å². The molecule has 14 heteroatoms. The molecule has 0 aromatic heterocycles. The van der Waals surface area contributed by atoms with Crippen LogP contribution in [-0.4, -0.2) is 75.1 Å².